The van der Waals surface area contributed by atoms with E-state index in [2.05, 4.69) is 5.73 Å². The topological polar surface area (TPSA) is 26.0 Å². The predicted molar refractivity (Wildman–Crippen MR) is 31.9 cm³/mol. The average Bonchev–Trinajstić information content (AvgIpc) is 1.60. The summed E-state index contributed by atoms with van der Waals surface area (Å²) < 4.78 is 56.5. The van der Waals surface area contributed by atoms with Crippen molar-refractivity contribution in [2.75, 3.05) is 0 Å². The second-order valence-corrected chi connectivity index (χ2v) is 1.77. The van der Waals surface area contributed by atoms with Crippen molar-refractivity contribution in [3.05, 3.63) is 0 Å². The molecule has 0 spiro atoms. The van der Waals surface area contributed by atoms with Gasteiger partial charge in [-0.3, -0.25) is 0 Å². The van der Waals surface area contributed by atoms with Gasteiger partial charge in [-0.15, -0.1) is 12.4 Å². The van der Waals surface area contributed by atoms with Gasteiger partial charge in [-0.1, -0.05) is 0 Å². The summed E-state index contributed by atoms with van der Waals surface area (Å²) in [6.45, 7) is 0. The zero-order chi connectivity index (χ0) is 8.36. The number of rotatable bonds is 2. The molecular weight excluding hydrogens is 192 g/mol. The molecule has 1 nitrogen and oxygen atoms in total. The fourth-order valence-corrected chi connectivity index (χ4v) is 0.326. The number of hydrogen-bond donors (Lipinski definition) is 1. The molecule has 0 aliphatic rings. The molecule has 0 amide bonds. The maximum absolute atomic E-state index is 11.4. The Morgan fingerprint density at radius 3 is 1.64 bits per heavy atom. The van der Waals surface area contributed by atoms with Crippen LogP contribution in [-0.2, 0) is 0 Å². The zero-order valence-corrected chi connectivity index (χ0v) is 6.05. The highest BCUT2D eigenvalue weighted by atomic mass is 35.5. The minimum Gasteiger partial charge on any atom is -0.320 e. The van der Waals surface area contributed by atoms with Gasteiger partial charge in [-0.2, -0.15) is 13.2 Å². The van der Waals surface area contributed by atoms with Gasteiger partial charge in [0.15, 0.2) is 0 Å². The molecule has 7 heteroatoms. The van der Waals surface area contributed by atoms with Crippen LogP contribution < -0.4 is 5.73 Å². The van der Waals surface area contributed by atoms with Gasteiger partial charge < -0.3 is 5.73 Å². The van der Waals surface area contributed by atoms with E-state index in [0.717, 1.165) is 0 Å². The van der Waals surface area contributed by atoms with Crippen molar-refractivity contribution in [2.24, 2.45) is 5.73 Å². The Kier molecular flexibility index (Phi) is 5.78. The maximum Gasteiger partial charge on any atom is 0.403 e. The fraction of sp³-hybridized carbons (Fsp3) is 1.00. The molecule has 0 saturated heterocycles. The van der Waals surface area contributed by atoms with Crippen LogP contribution in [0.15, 0.2) is 0 Å². The highest BCUT2D eigenvalue weighted by Gasteiger charge is 2.38. The van der Waals surface area contributed by atoms with Crippen molar-refractivity contribution in [1.29, 1.82) is 0 Å². The van der Waals surface area contributed by atoms with E-state index in [1.54, 1.807) is 0 Å². The third kappa shape index (κ3) is 6.30. The van der Waals surface area contributed by atoms with E-state index in [1.807, 2.05) is 0 Å². The summed E-state index contributed by atoms with van der Waals surface area (Å²) in [4.78, 5) is 0. The minimum atomic E-state index is -4.71. The van der Waals surface area contributed by atoms with Crippen molar-refractivity contribution in [3.63, 3.8) is 0 Å². The molecule has 0 heterocycles. The highest BCUT2D eigenvalue weighted by Crippen LogP contribution is 2.22. The lowest BCUT2D eigenvalue weighted by atomic mass is 10.2. The number of halogens is 6. The lowest BCUT2D eigenvalue weighted by Crippen LogP contribution is -2.38. The summed E-state index contributed by atoms with van der Waals surface area (Å²) in [5.74, 6) is 0. The lowest BCUT2D eigenvalue weighted by molar-refractivity contribution is -0.155. The van der Waals surface area contributed by atoms with E-state index < -0.39 is 25.1 Å². The third-order valence-corrected chi connectivity index (χ3v) is 0.853. The first-order chi connectivity index (χ1) is 4.34. The summed E-state index contributed by atoms with van der Waals surface area (Å²) in [6.07, 6.45) is -9.04. The Morgan fingerprint density at radius 2 is 1.55 bits per heavy atom. The Labute approximate surface area is 66.2 Å². The third-order valence-electron chi connectivity index (χ3n) is 0.853. The second-order valence-electron chi connectivity index (χ2n) is 1.77. The molecule has 0 aromatic rings. The summed E-state index contributed by atoms with van der Waals surface area (Å²) in [5, 5.41) is 0. The van der Waals surface area contributed by atoms with E-state index in [0.29, 0.717) is 0 Å². The minimum absolute atomic E-state index is 0. The molecule has 0 unspecified atom stereocenters. The van der Waals surface area contributed by atoms with Gasteiger partial charge in [-0.05, 0) is 0 Å². The van der Waals surface area contributed by atoms with Crippen LogP contribution in [0.2, 0.25) is 0 Å². The molecule has 11 heavy (non-hydrogen) atoms. The molecule has 0 aromatic heterocycles. The van der Waals surface area contributed by atoms with Crippen molar-refractivity contribution in [3.8, 4) is 0 Å². The van der Waals surface area contributed by atoms with Gasteiger partial charge in [-0.25, -0.2) is 8.78 Å². The first kappa shape index (κ1) is 13.5. The van der Waals surface area contributed by atoms with Crippen LogP contribution in [-0.4, -0.2) is 18.6 Å². The monoisotopic (exact) mass is 199 g/mol. The molecule has 0 fully saturated rings. The van der Waals surface area contributed by atoms with Crippen LogP contribution in [0.4, 0.5) is 22.0 Å². The Bertz CT molecular complexity index is 103. The molecule has 0 saturated carbocycles. The summed E-state index contributed by atoms with van der Waals surface area (Å²) in [5.41, 5.74) is 4.35. The summed E-state index contributed by atoms with van der Waals surface area (Å²) >= 11 is 0. The zero-order valence-electron chi connectivity index (χ0n) is 5.24. The number of nitrogens with two attached hydrogens (primary N) is 1. The van der Waals surface area contributed by atoms with Crippen molar-refractivity contribution < 1.29 is 22.0 Å². The van der Waals surface area contributed by atoms with Gasteiger partial charge in [0.2, 0.25) is 6.43 Å². The van der Waals surface area contributed by atoms with Gasteiger partial charge in [0.25, 0.3) is 0 Å². The van der Waals surface area contributed by atoms with Crippen molar-refractivity contribution in [2.45, 2.75) is 25.1 Å². The van der Waals surface area contributed by atoms with Gasteiger partial charge in [0, 0.05) is 6.42 Å². The quantitative estimate of drug-likeness (QED) is 0.676. The number of hydrogen-bond acceptors (Lipinski definition) is 1. The van der Waals surface area contributed by atoms with Crippen LogP contribution in [0.1, 0.15) is 6.42 Å². The molecule has 0 bridgehead atoms. The molecule has 0 aromatic carbocycles. The predicted octanol–water partition coefficient (Wildman–Crippen LogP) is 1.95. The molecule has 0 radical (unpaired) electrons. The molecular formula is C4H7ClF5N. The largest absolute Gasteiger partial charge is 0.403 e. The average molecular weight is 200 g/mol. The van der Waals surface area contributed by atoms with Crippen LogP contribution in [0.25, 0.3) is 0 Å². The molecule has 0 aliphatic heterocycles. The molecule has 0 aliphatic carbocycles. The fourth-order valence-electron chi connectivity index (χ4n) is 0.326. The van der Waals surface area contributed by atoms with Crippen LogP contribution >= 0.6 is 12.4 Å². The van der Waals surface area contributed by atoms with Gasteiger partial charge in [0.05, 0.1) is 0 Å². The van der Waals surface area contributed by atoms with Crippen molar-refractivity contribution >= 4 is 12.4 Å². The second kappa shape index (κ2) is 4.71. The first-order valence-electron chi connectivity index (χ1n) is 2.44. The summed E-state index contributed by atoms with van der Waals surface area (Å²) in [6, 6.07) is -2.41. The van der Waals surface area contributed by atoms with E-state index >= 15 is 0 Å². The van der Waals surface area contributed by atoms with E-state index in [1.165, 1.54) is 0 Å². The van der Waals surface area contributed by atoms with Crippen LogP contribution in [0, 0.1) is 0 Å². The van der Waals surface area contributed by atoms with E-state index in [4.69, 9.17) is 0 Å². The molecule has 70 valence electrons. The Morgan fingerprint density at radius 1 is 1.18 bits per heavy atom. The van der Waals surface area contributed by atoms with Crippen molar-refractivity contribution in [1.82, 2.24) is 0 Å². The first-order valence-corrected chi connectivity index (χ1v) is 2.44. The smallest absolute Gasteiger partial charge is 0.320 e. The summed E-state index contributed by atoms with van der Waals surface area (Å²) in [7, 11) is 0. The normalized spacial score (nSPS) is 14.5. The Balaban J connectivity index is 0. The Hall–Kier alpha value is -0.100. The van der Waals surface area contributed by atoms with Gasteiger partial charge >= 0.3 is 6.18 Å². The lowest BCUT2D eigenvalue weighted by Gasteiger charge is -2.13. The van der Waals surface area contributed by atoms with E-state index in [-0.39, 0.29) is 12.4 Å². The number of alkyl halides is 5. The molecule has 2 N–H and O–H groups in total. The highest BCUT2D eigenvalue weighted by molar-refractivity contribution is 5.85. The van der Waals surface area contributed by atoms with E-state index in [9.17, 15) is 22.0 Å². The molecule has 0 rings (SSSR count). The molecule has 1 atom stereocenters. The SMILES string of the molecule is Cl.N[C@H](CC(F)F)C(F)(F)F. The van der Waals surface area contributed by atoms with Crippen LogP contribution in [0.5, 0.6) is 0 Å². The van der Waals surface area contributed by atoms with Crippen LogP contribution in [0.3, 0.4) is 0 Å². The maximum atomic E-state index is 11.4. The standard InChI is InChI=1S/C4H6F5N.ClH/c5-3(6)1-2(10)4(7,8)9;/h2-3H,1,10H2;1H/t2-;/m1./s1. The van der Waals surface area contributed by atoms with Gasteiger partial charge in [0.1, 0.15) is 6.04 Å².